The topological polar surface area (TPSA) is 102 Å². The second-order valence-corrected chi connectivity index (χ2v) is 8.46. The molecular weight excluding hydrogens is 428 g/mol. The van der Waals surface area contributed by atoms with Gasteiger partial charge in [-0.3, -0.25) is 4.72 Å². The minimum absolute atomic E-state index is 0.0836. The molecule has 3 aromatic carbocycles. The number of benzene rings is 3. The standard InChI is InChI=1S/C23H22N4O4S/c1-3-31-18-10-8-16(9-11-18)24-22-23(26-21-7-5-4-6-20(21)25-22)27-32(28,29)19-14-12-17(30-2)13-15-19/h4-15H,3H2,1-2H3,(H,24,25)(H,26,27). The Balaban J connectivity index is 1.70. The van der Waals surface area contributed by atoms with Gasteiger partial charge in [0.25, 0.3) is 10.0 Å². The predicted octanol–water partition coefficient (Wildman–Crippen LogP) is 4.58. The number of methoxy groups -OCH3 is 1. The van der Waals surface area contributed by atoms with Crippen LogP contribution in [0, 0.1) is 0 Å². The summed E-state index contributed by atoms with van der Waals surface area (Å²) in [5, 5.41) is 3.15. The van der Waals surface area contributed by atoms with Gasteiger partial charge < -0.3 is 14.8 Å². The van der Waals surface area contributed by atoms with Crippen LogP contribution in [0.15, 0.2) is 77.7 Å². The Morgan fingerprint density at radius 2 is 1.41 bits per heavy atom. The molecule has 1 heterocycles. The van der Waals surface area contributed by atoms with E-state index in [1.165, 1.54) is 19.2 Å². The van der Waals surface area contributed by atoms with Crippen LogP contribution >= 0.6 is 0 Å². The molecule has 4 aromatic rings. The molecule has 0 aliphatic carbocycles. The average Bonchev–Trinajstić information content (AvgIpc) is 2.81. The van der Waals surface area contributed by atoms with E-state index < -0.39 is 10.0 Å². The summed E-state index contributed by atoms with van der Waals surface area (Å²) in [6.45, 7) is 2.48. The highest BCUT2D eigenvalue weighted by atomic mass is 32.2. The molecule has 32 heavy (non-hydrogen) atoms. The number of ether oxygens (including phenoxy) is 2. The highest BCUT2D eigenvalue weighted by Gasteiger charge is 2.19. The van der Waals surface area contributed by atoms with Gasteiger partial charge in [0, 0.05) is 5.69 Å². The number of para-hydroxylation sites is 2. The van der Waals surface area contributed by atoms with Crippen LogP contribution in [0.2, 0.25) is 0 Å². The number of nitrogens with zero attached hydrogens (tertiary/aromatic N) is 2. The van der Waals surface area contributed by atoms with E-state index in [9.17, 15) is 8.42 Å². The predicted molar refractivity (Wildman–Crippen MR) is 124 cm³/mol. The van der Waals surface area contributed by atoms with E-state index in [0.29, 0.717) is 29.1 Å². The van der Waals surface area contributed by atoms with Crippen molar-refractivity contribution in [2.75, 3.05) is 23.8 Å². The second-order valence-electron chi connectivity index (χ2n) is 6.77. The van der Waals surface area contributed by atoms with Crippen molar-refractivity contribution in [3.8, 4) is 11.5 Å². The Kier molecular flexibility index (Phi) is 6.09. The molecule has 164 valence electrons. The maximum Gasteiger partial charge on any atom is 0.263 e. The Bertz CT molecular complexity index is 1320. The fourth-order valence-electron chi connectivity index (χ4n) is 3.04. The molecule has 8 nitrogen and oxygen atoms in total. The molecule has 0 radical (unpaired) electrons. The van der Waals surface area contributed by atoms with Gasteiger partial charge in [-0.05, 0) is 67.6 Å². The number of hydrogen-bond donors (Lipinski definition) is 2. The molecule has 1 aromatic heterocycles. The van der Waals surface area contributed by atoms with Gasteiger partial charge in [0.1, 0.15) is 11.5 Å². The summed E-state index contributed by atoms with van der Waals surface area (Å²) in [5.74, 6) is 1.67. The number of nitrogens with one attached hydrogen (secondary N) is 2. The van der Waals surface area contributed by atoms with Crippen LogP contribution in [0.25, 0.3) is 11.0 Å². The van der Waals surface area contributed by atoms with Crippen molar-refractivity contribution in [1.82, 2.24) is 9.97 Å². The van der Waals surface area contributed by atoms with Crippen molar-refractivity contribution in [3.63, 3.8) is 0 Å². The van der Waals surface area contributed by atoms with Gasteiger partial charge in [-0.2, -0.15) is 0 Å². The summed E-state index contributed by atoms with van der Waals surface area (Å²) in [6, 6.07) is 20.6. The molecule has 9 heteroatoms. The monoisotopic (exact) mass is 450 g/mol. The average molecular weight is 451 g/mol. The molecule has 0 saturated heterocycles. The summed E-state index contributed by atoms with van der Waals surface area (Å²) in [6.07, 6.45) is 0. The third-order valence-corrected chi connectivity index (χ3v) is 5.95. The third kappa shape index (κ3) is 4.73. The van der Waals surface area contributed by atoms with Crippen LogP contribution in [0.1, 0.15) is 6.92 Å². The van der Waals surface area contributed by atoms with Crippen LogP contribution < -0.4 is 19.5 Å². The lowest BCUT2D eigenvalue weighted by Crippen LogP contribution is -2.16. The molecule has 4 rings (SSSR count). The van der Waals surface area contributed by atoms with E-state index in [1.54, 1.807) is 18.2 Å². The van der Waals surface area contributed by atoms with E-state index in [-0.39, 0.29) is 16.5 Å². The summed E-state index contributed by atoms with van der Waals surface area (Å²) < 4.78 is 39.1. The molecule has 0 aliphatic heterocycles. The summed E-state index contributed by atoms with van der Waals surface area (Å²) >= 11 is 0. The van der Waals surface area contributed by atoms with Gasteiger partial charge in [0.2, 0.25) is 0 Å². The van der Waals surface area contributed by atoms with Crippen molar-refractivity contribution >= 4 is 38.4 Å². The molecule has 0 bridgehead atoms. The van der Waals surface area contributed by atoms with Crippen LogP contribution in [0.4, 0.5) is 17.3 Å². The maximum atomic E-state index is 13.0. The van der Waals surface area contributed by atoms with E-state index in [0.717, 1.165) is 5.75 Å². The zero-order chi connectivity index (χ0) is 22.6. The first kappa shape index (κ1) is 21.4. The second kappa shape index (κ2) is 9.11. The maximum absolute atomic E-state index is 13.0. The zero-order valence-corrected chi connectivity index (χ0v) is 18.4. The van der Waals surface area contributed by atoms with Gasteiger partial charge in [-0.25, -0.2) is 18.4 Å². The Hall–Kier alpha value is -3.85. The van der Waals surface area contributed by atoms with Crippen molar-refractivity contribution in [2.24, 2.45) is 0 Å². The van der Waals surface area contributed by atoms with E-state index in [1.807, 2.05) is 49.4 Å². The van der Waals surface area contributed by atoms with Crippen LogP contribution in [0.5, 0.6) is 11.5 Å². The van der Waals surface area contributed by atoms with E-state index in [2.05, 4.69) is 20.0 Å². The van der Waals surface area contributed by atoms with Gasteiger partial charge in [-0.1, -0.05) is 12.1 Å². The number of aromatic nitrogens is 2. The lowest BCUT2D eigenvalue weighted by molar-refractivity contribution is 0.340. The lowest BCUT2D eigenvalue weighted by atomic mass is 10.3. The normalized spacial score (nSPS) is 11.2. The molecule has 0 saturated carbocycles. The first-order valence-corrected chi connectivity index (χ1v) is 11.4. The molecule has 2 N–H and O–H groups in total. The molecule has 0 aliphatic rings. The Labute approximate surface area is 186 Å². The SMILES string of the molecule is CCOc1ccc(Nc2nc3ccccc3nc2NS(=O)(=O)c2ccc(OC)cc2)cc1. The van der Waals surface area contributed by atoms with Gasteiger partial charge >= 0.3 is 0 Å². The lowest BCUT2D eigenvalue weighted by Gasteiger charge is -2.14. The fraction of sp³-hybridized carbons (Fsp3) is 0.130. The first-order chi connectivity index (χ1) is 15.5. The summed E-state index contributed by atoms with van der Waals surface area (Å²) in [4.78, 5) is 9.16. The largest absolute Gasteiger partial charge is 0.497 e. The quantitative estimate of drug-likeness (QED) is 0.405. The van der Waals surface area contributed by atoms with Gasteiger partial charge in [0.15, 0.2) is 11.6 Å². The highest BCUT2D eigenvalue weighted by molar-refractivity contribution is 7.92. The van der Waals surface area contributed by atoms with E-state index in [4.69, 9.17) is 9.47 Å². The number of anilines is 3. The van der Waals surface area contributed by atoms with Gasteiger partial charge in [0.05, 0.1) is 29.6 Å². The third-order valence-electron chi connectivity index (χ3n) is 4.60. The molecular formula is C23H22N4O4S. The van der Waals surface area contributed by atoms with Crippen molar-refractivity contribution in [1.29, 1.82) is 0 Å². The van der Waals surface area contributed by atoms with Crippen LogP contribution in [-0.2, 0) is 10.0 Å². The summed E-state index contributed by atoms with van der Waals surface area (Å²) in [5.41, 5.74) is 1.91. The Morgan fingerprint density at radius 1 is 0.812 bits per heavy atom. The highest BCUT2D eigenvalue weighted by Crippen LogP contribution is 2.28. The van der Waals surface area contributed by atoms with Crippen molar-refractivity contribution < 1.29 is 17.9 Å². The molecule has 0 atom stereocenters. The number of fused-ring (bicyclic) bond motifs is 1. The number of hydrogen-bond acceptors (Lipinski definition) is 7. The number of rotatable bonds is 8. The zero-order valence-electron chi connectivity index (χ0n) is 17.6. The van der Waals surface area contributed by atoms with E-state index >= 15 is 0 Å². The van der Waals surface area contributed by atoms with Crippen molar-refractivity contribution in [2.45, 2.75) is 11.8 Å². The molecule has 0 fully saturated rings. The summed E-state index contributed by atoms with van der Waals surface area (Å²) in [7, 11) is -2.38. The molecule has 0 unspecified atom stereocenters. The minimum Gasteiger partial charge on any atom is -0.497 e. The van der Waals surface area contributed by atoms with Gasteiger partial charge in [-0.15, -0.1) is 0 Å². The fourth-order valence-corrected chi connectivity index (χ4v) is 4.05. The van der Waals surface area contributed by atoms with Crippen LogP contribution in [-0.4, -0.2) is 32.1 Å². The van der Waals surface area contributed by atoms with Crippen LogP contribution in [0.3, 0.4) is 0 Å². The smallest absolute Gasteiger partial charge is 0.263 e. The molecule has 0 amide bonds. The first-order valence-electron chi connectivity index (χ1n) is 9.92. The number of sulfonamides is 1. The van der Waals surface area contributed by atoms with Crippen molar-refractivity contribution in [3.05, 3.63) is 72.8 Å². The minimum atomic E-state index is -3.90. The molecule has 0 spiro atoms. The Morgan fingerprint density at radius 3 is 2.00 bits per heavy atom.